The summed E-state index contributed by atoms with van der Waals surface area (Å²) < 4.78 is 16.5. The molecule has 0 spiro atoms. The topological polar surface area (TPSA) is 39.7 Å². The van der Waals surface area contributed by atoms with Gasteiger partial charge in [-0.05, 0) is 46.6 Å². The van der Waals surface area contributed by atoms with Crippen LogP contribution in [0.5, 0.6) is 5.75 Å². The molecule has 1 rings (SSSR count). The normalized spacial score (nSPS) is 10.7. The fourth-order valence-corrected chi connectivity index (χ4v) is 2.18. The Balaban J connectivity index is 2.11. The van der Waals surface area contributed by atoms with Gasteiger partial charge in [-0.1, -0.05) is 6.07 Å². The van der Waals surface area contributed by atoms with E-state index in [1.807, 2.05) is 6.07 Å². The molecule has 19 heavy (non-hydrogen) atoms. The molecule has 0 saturated heterocycles. The first-order valence-electron chi connectivity index (χ1n) is 6.37. The van der Waals surface area contributed by atoms with Gasteiger partial charge in [-0.3, -0.25) is 0 Å². The summed E-state index contributed by atoms with van der Waals surface area (Å²) in [5.74, 6) is 0.857. The van der Waals surface area contributed by atoms with Crippen LogP contribution in [0.15, 0.2) is 22.7 Å². The van der Waals surface area contributed by atoms with Gasteiger partial charge in [0.2, 0.25) is 0 Å². The van der Waals surface area contributed by atoms with Crippen molar-refractivity contribution in [3.05, 3.63) is 28.2 Å². The first-order chi connectivity index (χ1) is 9.27. The molecule has 108 valence electrons. The summed E-state index contributed by atoms with van der Waals surface area (Å²) >= 11 is 3.48. The van der Waals surface area contributed by atoms with Gasteiger partial charge in [0.15, 0.2) is 0 Å². The number of rotatable bonds is 10. The van der Waals surface area contributed by atoms with Crippen LogP contribution in [0.3, 0.4) is 0 Å². The van der Waals surface area contributed by atoms with E-state index in [9.17, 15) is 0 Å². The maximum Gasteiger partial charge on any atom is 0.133 e. The third kappa shape index (κ3) is 6.92. The average Bonchev–Trinajstić information content (AvgIpc) is 2.42. The zero-order chi connectivity index (χ0) is 13.9. The minimum absolute atomic E-state index is 0.660. The molecule has 1 N–H and O–H groups in total. The van der Waals surface area contributed by atoms with Crippen LogP contribution in [-0.4, -0.2) is 40.6 Å². The zero-order valence-electron chi connectivity index (χ0n) is 11.6. The first kappa shape index (κ1) is 16.4. The number of hydrogen-bond acceptors (Lipinski definition) is 4. The minimum atomic E-state index is 0.660. The Bertz CT molecular complexity index is 361. The monoisotopic (exact) mass is 331 g/mol. The quantitative estimate of drug-likeness (QED) is 0.669. The van der Waals surface area contributed by atoms with Crippen molar-refractivity contribution in [1.29, 1.82) is 0 Å². The molecule has 0 saturated carbocycles. The Labute approximate surface area is 123 Å². The Kier molecular flexibility index (Phi) is 8.82. The van der Waals surface area contributed by atoms with Gasteiger partial charge >= 0.3 is 0 Å². The molecule has 0 bridgehead atoms. The first-order valence-corrected chi connectivity index (χ1v) is 7.17. The number of ether oxygens (including phenoxy) is 3. The molecular formula is C14H22BrNO3. The fourth-order valence-electron chi connectivity index (χ4n) is 1.60. The molecule has 0 aliphatic rings. The molecular weight excluding hydrogens is 310 g/mol. The summed E-state index contributed by atoms with van der Waals surface area (Å²) in [6.45, 7) is 3.88. The molecule has 0 aromatic heterocycles. The molecule has 0 aliphatic carbocycles. The molecule has 0 radical (unpaired) electrons. The van der Waals surface area contributed by atoms with Crippen LogP contribution >= 0.6 is 15.9 Å². The molecule has 1 aromatic rings. The van der Waals surface area contributed by atoms with Gasteiger partial charge in [0.05, 0.1) is 24.8 Å². The smallest absolute Gasteiger partial charge is 0.133 e. The van der Waals surface area contributed by atoms with Crippen molar-refractivity contribution in [2.75, 3.05) is 40.6 Å². The van der Waals surface area contributed by atoms with E-state index in [-0.39, 0.29) is 0 Å². The Hall–Kier alpha value is -0.620. The highest BCUT2D eigenvalue weighted by Gasteiger charge is 2.00. The number of methoxy groups -OCH3 is 2. The van der Waals surface area contributed by atoms with Gasteiger partial charge in [0.25, 0.3) is 0 Å². The van der Waals surface area contributed by atoms with E-state index in [0.717, 1.165) is 36.3 Å². The second kappa shape index (κ2) is 10.2. The molecule has 0 atom stereocenters. The highest BCUT2D eigenvalue weighted by molar-refractivity contribution is 9.10. The molecule has 4 nitrogen and oxygen atoms in total. The van der Waals surface area contributed by atoms with Gasteiger partial charge in [-0.25, -0.2) is 0 Å². The van der Waals surface area contributed by atoms with Gasteiger partial charge in [-0.2, -0.15) is 0 Å². The predicted molar refractivity (Wildman–Crippen MR) is 79.7 cm³/mol. The van der Waals surface area contributed by atoms with Crippen LogP contribution in [0.2, 0.25) is 0 Å². The fraction of sp³-hybridized carbons (Fsp3) is 0.571. The van der Waals surface area contributed by atoms with Crippen LogP contribution in [0.25, 0.3) is 0 Å². The van der Waals surface area contributed by atoms with E-state index >= 15 is 0 Å². The average molecular weight is 332 g/mol. The predicted octanol–water partition coefficient (Wildman–Crippen LogP) is 2.60. The summed E-state index contributed by atoms with van der Waals surface area (Å²) in [7, 11) is 3.35. The lowest BCUT2D eigenvalue weighted by Crippen LogP contribution is -2.16. The number of halogens is 1. The molecule has 5 heteroatoms. The number of hydrogen-bond donors (Lipinski definition) is 1. The third-order valence-electron chi connectivity index (χ3n) is 2.62. The second-order valence-electron chi connectivity index (χ2n) is 4.10. The third-order valence-corrected chi connectivity index (χ3v) is 3.24. The minimum Gasteiger partial charge on any atom is -0.496 e. The maximum absolute atomic E-state index is 5.39. The molecule has 1 aromatic carbocycles. The van der Waals surface area contributed by atoms with Crippen molar-refractivity contribution < 1.29 is 14.2 Å². The largest absolute Gasteiger partial charge is 0.496 e. The Morgan fingerprint density at radius 3 is 2.68 bits per heavy atom. The van der Waals surface area contributed by atoms with Crippen molar-refractivity contribution in [3.8, 4) is 5.75 Å². The second-order valence-corrected chi connectivity index (χ2v) is 4.96. The lowest BCUT2D eigenvalue weighted by atomic mass is 10.2. The summed E-state index contributed by atoms with van der Waals surface area (Å²) in [4.78, 5) is 0. The van der Waals surface area contributed by atoms with E-state index in [1.165, 1.54) is 5.56 Å². The molecule has 0 amide bonds. The Morgan fingerprint density at radius 1 is 1.16 bits per heavy atom. The van der Waals surface area contributed by atoms with Crippen molar-refractivity contribution in [2.24, 2.45) is 0 Å². The van der Waals surface area contributed by atoms with Crippen molar-refractivity contribution in [1.82, 2.24) is 5.32 Å². The van der Waals surface area contributed by atoms with E-state index in [4.69, 9.17) is 14.2 Å². The SMILES string of the molecule is COCCOCCCNCc1ccc(OC)c(Br)c1. The summed E-state index contributed by atoms with van der Waals surface area (Å²) in [6.07, 6.45) is 1.00. The van der Waals surface area contributed by atoms with E-state index < -0.39 is 0 Å². The summed E-state index contributed by atoms with van der Waals surface area (Å²) in [5.41, 5.74) is 1.23. The van der Waals surface area contributed by atoms with Crippen LogP contribution in [0.4, 0.5) is 0 Å². The van der Waals surface area contributed by atoms with Gasteiger partial charge in [0, 0.05) is 20.3 Å². The molecule has 0 unspecified atom stereocenters. The van der Waals surface area contributed by atoms with E-state index in [0.29, 0.717) is 13.2 Å². The highest BCUT2D eigenvalue weighted by Crippen LogP contribution is 2.25. The van der Waals surface area contributed by atoms with Gasteiger partial charge in [0.1, 0.15) is 5.75 Å². The van der Waals surface area contributed by atoms with E-state index in [2.05, 4.69) is 33.4 Å². The number of benzene rings is 1. The summed E-state index contributed by atoms with van der Waals surface area (Å²) in [5, 5.41) is 3.38. The van der Waals surface area contributed by atoms with Crippen molar-refractivity contribution in [3.63, 3.8) is 0 Å². The molecule has 0 aliphatic heterocycles. The lowest BCUT2D eigenvalue weighted by molar-refractivity contribution is 0.0695. The standard InChI is InChI=1S/C14H22BrNO3/c1-17-8-9-19-7-3-6-16-11-12-4-5-14(18-2)13(15)10-12/h4-5,10,16H,3,6-9,11H2,1-2H3. The van der Waals surface area contributed by atoms with Gasteiger partial charge in [-0.15, -0.1) is 0 Å². The molecule has 0 heterocycles. The Morgan fingerprint density at radius 2 is 2.00 bits per heavy atom. The van der Waals surface area contributed by atoms with E-state index in [1.54, 1.807) is 14.2 Å². The van der Waals surface area contributed by atoms with Crippen molar-refractivity contribution in [2.45, 2.75) is 13.0 Å². The van der Waals surface area contributed by atoms with Crippen LogP contribution in [-0.2, 0) is 16.0 Å². The van der Waals surface area contributed by atoms with Crippen molar-refractivity contribution >= 4 is 15.9 Å². The summed E-state index contributed by atoms with van der Waals surface area (Å²) in [6, 6.07) is 6.10. The maximum atomic E-state index is 5.39. The highest BCUT2D eigenvalue weighted by atomic mass is 79.9. The molecule has 0 fully saturated rings. The zero-order valence-corrected chi connectivity index (χ0v) is 13.2. The van der Waals surface area contributed by atoms with Crippen LogP contribution < -0.4 is 10.1 Å². The lowest BCUT2D eigenvalue weighted by Gasteiger charge is -2.08. The van der Waals surface area contributed by atoms with Crippen LogP contribution in [0, 0.1) is 0 Å². The number of nitrogens with one attached hydrogen (secondary N) is 1. The van der Waals surface area contributed by atoms with Crippen LogP contribution in [0.1, 0.15) is 12.0 Å². The van der Waals surface area contributed by atoms with Gasteiger partial charge < -0.3 is 19.5 Å².